The molecule has 0 bridgehead atoms. The van der Waals surface area contributed by atoms with Crippen molar-refractivity contribution in [2.75, 3.05) is 13.7 Å². The van der Waals surface area contributed by atoms with Crippen molar-refractivity contribution in [3.8, 4) is 0 Å². The molecule has 0 aliphatic rings. The average Bonchev–Trinajstić information content (AvgIpc) is 2.14. The molecule has 0 aromatic carbocycles. The SMILES string of the molecule is CCOC(=O)C(C(=O)N(C)C(C)C)C(C)(C)C. The van der Waals surface area contributed by atoms with E-state index in [0.717, 1.165) is 0 Å². The van der Waals surface area contributed by atoms with Gasteiger partial charge in [0.15, 0.2) is 0 Å². The summed E-state index contributed by atoms with van der Waals surface area (Å²) in [4.78, 5) is 25.8. The van der Waals surface area contributed by atoms with Crippen molar-refractivity contribution in [3.05, 3.63) is 0 Å². The van der Waals surface area contributed by atoms with Crippen LogP contribution in [-0.2, 0) is 14.3 Å². The van der Waals surface area contributed by atoms with Gasteiger partial charge in [0, 0.05) is 13.1 Å². The zero-order chi connectivity index (χ0) is 13.8. The number of carbonyl (C=O) groups excluding carboxylic acids is 2. The first-order valence-electron chi connectivity index (χ1n) is 6.06. The molecule has 0 rings (SSSR count). The molecule has 4 heteroatoms. The van der Waals surface area contributed by atoms with Crippen molar-refractivity contribution < 1.29 is 14.3 Å². The molecule has 0 aliphatic heterocycles. The molecule has 0 spiro atoms. The Morgan fingerprint density at radius 1 is 1.24 bits per heavy atom. The van der Waals surface area contributed by atoms with Crippen LogP contribution in [0, 0.1) is 11.3 Å². The molecule has 1 unspecified atom stereocenters. The Hall–Kier alpha value is -1.06. The summed E-state index contributed by atoms with van der Waals surface area (Å²) in [6.45, 7) is 11.5. The van der Waals surface area contributed by atoms with Gasteiger partial charge in [0.1, 0.15) is 5.92 Å². The van der Waals surface area contributed by atoms with Crippen molar-refractivity contribution >= 4 is 11.9 Å². The molecule has 0 aromatic rings. The third-order valence-corrected chi connectivity index (χ3v) is 2.76. The molecule has 100 valence electrons. The molecular formula is C13H25NO3. The minimum Gasteiger partial charge on any atom is -0.465 e. The zero-order valence-corrected chi connectivity index (χ0v) is 12.0. The van der Waals surface area contributed by atoms with E-state index in [4.69, 9.17) is 4.74 Å². The van der Waals surface area contributed by atoms with E-state index in [-0.39, 0.29) is 11.9 Å². The average molecular weight is 243 g/mol. The molecule has 0 aliphatic carbocycles. The lowest BCUT2D eigenvalue weighted by Gasteiger charge is -2.32. The van der Waals surface area contributed by atoms with Crippen LogP contribution in [0.5, 0.6) is 0 Å². The fourth-order valence-electron chi connectivity index (χ4n) is 1.51. The molecule has 4 nitrogen and oxygen atoms in total. The summed E-state index contributed by atoms with van der Waals surface area (Å²) in [7, 11) is 1.71. The summed E-state index contributed by atoms with van der Waals surface area (Å²) >= 11 is 0. The molecule has 1 amide bonds. The number of esters is 1. The van der Waals surface area contributed by atoms with Crippen LogP contribution in [0.3, 0.4) is 0 Å². The maximum atomic E-state index is 12.3. The summed E-state index contributed by atoms with van der Waals surface area (Å²) in [6.07, 6.45) is 0. The standard InChI is InChI=1S/C13H25NO3/c1-8-17-12(16)10(13(4,5)6)11(15)14(7)9(2)3/h9-10H,8H2,1-7H3. The van der Waals surface area contributed by atoms with Crippen molar-refractivity contribution in [3.63, 3.8) is 0 Å². The van der Waals surface area contributed by atoms with E-state index in [9.17, 15) is 9.59 Å². The van der Waals surface area contributed by atoms with Crippen LogP contribution >= 0.6 is 0 Å². The molecule has 0 saturated carbocycles. The second kappa shape index (κ2) is 6.03. The van der Waals surface area contributed by atoms with E-state index >= 15 is 0 Å². The van der Waals surface area contributed by atoms with Gasteiger partial charge >= 0.3 is 5.97 Å². The van der Waals surface area contributed by atoms with E-state index in [0.29, 0.717) is 6.61 Å². The van der Waals surface area contributed by atoms with E-state index < -0.39 is 17.3 Å². The lowest BCUT2D eigenvalue weighted by molar-refractivity contribution is -0.160. The first-order valence-corrected chi connectivity index (χ1v) is 6.06. The highest BCUT2D eigenvalue weighted by molar-refractivity contribution is 5.98. The number of amides is 1. The molecule has 17 heavy (non-hydrogen) atoms. The molecule has 0 heterocycles. The Kier molecular flexibility index (Phi) is 5.66. The number of hydrogen-bond acceptors (Lipinski definition) is 3. The van der Waals surface area contributed by atoms with Gasteiger partial charge in [0.2, 0.25) is 5.91 Å². The van der Waals surface area contributed by atoms with Gasteiger partial charge < -0.3 is 9.64 Å². The Labute approximate surface area is 104 Å². The molecule has 1 atom stereocenters. The van der Waals surface area contributed by atoms with Crippen LogP contribution in [0.2, 0.25) is 0 Å². The summed E-state index contributed by atoms with van der Waals surface area (Å²) in [5, 5.41) is 0. The van der Waals surface area contributed by atoms with Gasteiger partial charge in [-0.25, -0.2) is 0 Å². The molecule has 0 fully saturated rings. The maximum absolute atomic E-state index is 12.3. The Balaban J connectivity index is 5.07. The van der Waals surface area contributed by atoms with Gasteiger partial charge in [0.05, 0.1) is 6.61 Å². The number of carbonyl (C=O) groups is 2. The van der Waals surface area contributed by atoms with Crippen LogP contribution in [0.25, 0.3) is 0 Å². The van der Waals surface area contributed by atoms with E-state index in [1.165, 1.54) is 0 Å². The molecule has 0 saturated heterocycles. The van der Waals surface area contributed by atoms with Crippen LogP contribution in [0.1, 0.15) is 41.5 Å². The number of hydrogen-bond donors (Lipinski definition) is 0. The lowest BCUT2D eigenvalue weighted by Crippen LogP contribution is -2.46. The number of rotatable bonds is 4. The van der Waals surface area contributed by atoms with Gasteiger partial charge in [-0.15, -0.1) is 0 Å². The van der Waals surface area contributed by atoms with E-state index in [1.54, 1.807) is 18.9 Å². The van der Waals surface area contributed by atoms with Gasteiger partial charge in [0.25, 0.3) is 0 Å². The largest absolute Gasteiger partial charge is 0.465 e. The third-order valence-electron chi connectivity index (χ3n) is 2.76. The van der Waals surface area contributed by atoms with Gasteiger partial charge in [-0.2, -0.15) is 0 Å². The highest BCUT2D eigenvalue weighted by Crippen LogP contribution is 2.29. The monoisotopic (exact) mass is 243 g/mol. The summed E-state index contributed by atoms with van der Waals surface area (Å²) in [5.41, 5.74) is -0.438. The van der Waals surface area contributed by atoms with Crippen LogP contribution in [-0.4, -0.2) is 36.5 Å². The quantitative estimate of drug-likeness (QED) is 0.561. The molecule has 0 radical (unpaired) electrons. The fraction of sp³-hybridized carbons (Fsp3) is 0.846. The van der Waals surface area contributed by atoms with E-state index in [2.05, 4.69) is 0 Å². The zero-order valence-electron chi connectivity index (χ0n) is 12.0. The van der Waals surface area contributed by atoms with E-state index in [1.807, 2.05) is 34.6 Å². The van der Waals surface area contributed by atoms with Gasteiger partial charge in [-0.1, -0.05) is 20.8 Å². The van der Waals surface area contributed by atoms with Crippen molar-refractivity contribution in [2.45, 2.75) is 47.6 Å². The Bertz CT molecular complexity index is 279. The van der Waals surface area contributed by atoms with Crippen molar-refractivity contribution in [1.29, 1.82) is 0 Å². The third kappa shape index (κ3) is 4.36. The summed E-state index contributed by atoms with van der Waals surface area (Å²) < 4.78 is 5.00. The smallest absolute Gasteiger partial charge is 0.319 e. The number of nitrogens with zero attached hydrogens (tertiary/aromatic N) is 1. The van der Waals surface area contributed by atoms with Gasteiger partial charge in [-0.05, 0) is 26.2 Å². The predicted molar refractivity (Wildman–Crippen MR) is 67.5 cm³/mol. The van der Waals surface area contributed by atoms with Crippen LogP contribution in [0.15, 0.2) is 0 Å². The fourth-order valence-corrected chi connectivity index (χ4v) is 1.51. The minimum absolute atomic E-state index is 0.0711. The first-order chi connectivity index (χ1) is 7.62. The van der Waals surface area contributed by atoms with Crippen molar-refractivity contribution in [1.82, 2.24) is 4.90 Å². The highest BCUT2D eigenvalue weighted by Gasteiger charge is 2.40. The molecule has 0 N–H and O–H groups in total. The highest BCUT2D eigenvalue weighted by atomic mass is 16.5. The Morgan fingerprint density at radius 3 is 2.00 bits per heavy atom. The normalized spacial score (nSPS) is 13.4. The van der Waals surface area contributed by atoms with Crippen LogP contribution < -0.4 is 0 Å². The topological polar surface area (TPSA) is 46.6 Å². The number of ether oxygens (including phenoxy) is 1. The molecular weight excluding hydrogens is 218 g/mol. The first kappa shape index (κ1) is 15.9. The minimum atomic E-state index is -0.741. The second-order valence-electron chi connectivity index (χ2n) is 5.59. The van der Waals surface area contributed by atoms with Crippen LogP contribution in [0.4, 0.5) is 0 Å². The summed E-state index contributed by atoms with van der Waals surface area (Å²) in [6, 6.07) is 0.0711. The molecule has 0 aromatic heterocycles. The van der Waals surface area contributed by atoms with Gasteiger partial charge in [-0.3, -0.25) is 9.59 Å². The summed E-state index contributed by atoms with van der Waals surface area (Å²) in [5.74, 6) is -1.35. The second-order valence-corrected chi connectivity index (χ2v) is 5.59. The lowest BCUT2D eigenvalue weighted by atomic mass is 9.79. The van der Waals surface area contributed by atoms with Crippen molar-refractivity contribution in [2.24, 2.45) is 11.3 Å². The maximum Gasteiger partial charge on any atom is 0.319 e. The predicted octanol–water partition coefficient (Wildman–Crippen LogP) is 2.08. The Morgan fingerprint density at radius 2 is 1.71 bits per heavy atom.